The molecule has 172 valence electrons. The summed E-state index contributed by atoms with van der Waals surface area (Å²) in [5, 5.41) is 9.57. The minimum Gasteiger partial charge on any atom is -0.390 e. The first-order valence-electron chi connectivity index (χ1n) is 11.9. The molecular formula is C31H42O. The van der Waals surface area contributed by atoms with Crippen LogP contribution in [0, 0.1) is 30.1 Å². The Morgan fingerprint density at radius 3 is 1.50 bits per heavy atom. The van der Waals surface area contributed by atoms with Crippen LogP contribution in [-0.2, 0) is 12.8 Å². The minimum atomic E-state index is -0.541. The standard InChI is InChI=1S/C16H22.C15H20O/c1-5-14-10-8-11-15(13-14)9-6-7-12-16(2,3)4;1-4-13-9-7-10-14(12-13)8-5-6-11-15(2,3)16/h1,8,10-11,13H,6-7,9,12H2,2-4H3;1,7,9-10,12,16H,5-6,8,11H2,2-3H3. The average Bonchev–Trinajstić information content (AvgIpc) is 2.74. The number of rotatable bonds is 9. The van der Waals surface area contributed by atoms with E-state index >= 15 is 0 Å². The van der Waals surface area contributed by atoms with E-state index in [4.69, 9.17) is 12.8 Å². The van der Waals surface area contributed by atoms with E-state index in [0.717, 1.165) is 43.2 Å². The predicted molar refractivity (Wildman–Crippen MR) is 140 cm³/mol. The number of hydrogen-bond acceptors (Lipinski definition) is 1. The fraction of sp³-hybridized carbons (Fsp3) is 0.484. The van der Waals surface area contributed by atoms with Gasteiger partial charge in [0.15, 0.2) is 0 Å². The van der Waals surface area contributed by atoms with Crippen molar-refractivity contribution in [1.29, 1.82) is 0 Å². The summed E-state index contributed by atoms with van der Waals surface area (Å²) in [5.41, 5.74) is 4.50. The summed E-state index contributed by atoms with van der Waals surface area (Å²) in [6, 6.07) is 16.4. The van der Waals surface area contributed by atoms with E-state index in [0.29, 0.717) is 5.41 Å². The molecule has 2 rings (SSSR count). The molecule has 0 heterocycles. The third kappa shape index (κ3) is 13.7. The Hall–Kier alpha value is -2.48. The SMILES string of the molecule is C#Cc1cccc(CCCCC(C)(C)C)c1.C#Cc1cccc(CCCCC(C)(C)O)c1. The molecule has 0 saturated carbocycles. The molecular weight excluding hydrogens is 388 g/mol. The summed E-state index contributed by atoms with van der Waals surface area (Å²) in [4.78, 5) is 0. The molecule has 0 aliphatic rings. The zero-order valence-electron chi connectivity index (χ0n) is 20.9. The van der Waals surface area contributed by atoms with E-state index in [-0.39, 0.29) is 0 Å². The first-order chi connectivity index (χ1) is 15.0. The second kappa shape index (κ2) is 13.8. The second-order valence-electron chi connectivity index (χ2n) is 10.5. The lowest BCUT2D eigenvalue weighted by Crippen LogP contribution is -2.17. The molecule has 2 aromatic carbocycles. The monoisotopic (exact) mass is 430 g/mol. The Bertz CT molecular complexity index is 803. The van der Waals surface area contributed by atoms with Crippen LogP contribution in [0.2, 0.25) is 0 Å². The molecule has 0 aromatic heterocycles. The third-order valence-electron chi connectivity index (χ3n) is 5.33. The summed E-state index contributed by atoms with van der Waals surface area (Å²) in [5.74, 6) is 5.32. The Morgan fingerprint density at radius 1 is 0.688 bits per heavy atom. The molecule has 1 heteroatoms. The van der Waals surface area contributed by atoms with Gasteiger partial charge in [-0.2, -0.15) is 0 Å². The highest BCUT2D eigenvalue weighted by atomic mass is 16.3. The van der Waals surface area contributed by atoms with Crippen LogP contribution in [-0.4, -0.2) is 10.7 Å². The van der Waals surface area contributed by atoms with Gasteiger partial charge in [0, 0.05) is 11.1 Å². The zero-order valence-corrected chi connectivity index (χ0v) is 20.9. The van der Waals surface area contributed by atoms with E-state index in [2.05, 4.69) is 56.9 Å². The highest BCUT2D eigenvalue weighted by Crippen LogP contribution is 2.22. The van der Waals surface area contributed by atoms with Gasteiger partial charge in [0.05, 0.1) is 5.60 Å². The zero-order chi connectivity index (χ0) is 24.0. The van der Waals surface area contributed by atoms with Crippen LogP contribution < -0.4 is 0 Å². The molecule has 0 fully saturated rings. The van der Waals surface area contributed by atoms with Crippen LogP contribution in [0.5, 0.6) is 0 Å². The minimum absolute atomic E-state index is 0.459. The molecule has 1 nitrogen and oxygen atoms in total. The van der Waals surface area contributed by atoms with Crippen molar-refractivity contribution in [2.45, 2.75) is 91.6 Å². The maximum absolute atomic E-state index is 9.57. The molecule has 0 saturated heterocycles. The Labute approximate surface area is 197 Å². The predicted octanol–water partition coefficient (Wildman–Crippen LogP) is 7.58. The summed E-state index contributed by atoms with van der Waals surface area (Å²) in [6.07, 6.45) is 19.7. The summed E-state index contributed by atoms with van der Waals surface area (Å²) >= 11 is 0. The maximum atomic E-state index is 9.57. The Kier molecular flexibility index (Phi) is 11.9. The van der Waals surface area contributed by atoms with Crippen molar-refractivity contribution in [2.75, 3.05) is 0 Å². The van der Waals surface area contributed by atoms with Gasteiger partial charge < -0.3 is 5.11 Å². The van der Waals surface area contributed by atoms with Gasteiger partial charge in [0.1, 0.15) is 0 Å². The van der Waals surface area contributed by atoms with Crippen molar-refractivity contribution in [1.82, 2.24) is 0 Å². The lowest BCUT2D eigenvalue weighted by atomic mass is 9.89. The lowest BCUT2D eigenvalue weighted by Gasteiger charge is -2.17. The molecule has 32 heavy (non-hydrogen) atoms. The fourth-order valence-electron chi connectivity index (χ4n) is 3.50. The summed E-state index contributed by atoms with van der Waals surface area (Å²) < 4.78 is 0. The number of aryl methyl sites for hydroxylation is 2. The van der Waals surface area contributed by atoms with E-state index in [9.17, 15) is 5.11 Å². The van der Waals surface area contributed by atoms with Crippen molar-refractivity contribution in [3.05, 3.63) is 70.8 Å². The summed E-state index contributed by atoms with van der Waals surface area (Å²) in [7, 11) is 0. The smallest absolute Gasteiger partial charge is 0.0591 e. The molecule has 0 spiro atoms. The van der Waals surface area contributed by atoms with Gasteiger partial charge in [-0.05, 0) is 93.2 Å². The molecule has 2 aromatic rings. The molecule has 0 radical (unpaired) electrons. The topological polar surface area (TPSA) is 20.2 Å². The van der Waals surface area contributed by atoms with Crippen LogP contribution >= 0.6 is 0 Å². The van der Waals surface area contributed by atoms with Gasteiger partial charge in [0.2, 0.25) is 0 Å². The molecule has 0 unspecified atom stereocenters. The first-order valence-corrected chi connectivity index (χ1v) is 11.9. The summed E-state index contributed by atoms with van der Waals surface area (Å²) in [6.45, 7) is 10.6. The van der Waals surface area contributed by atoms with E-state index in [1.807, 2.05) is 38.1 Å². The number of benzene rings is 2. The van der Waals surface area contributed by atoms with Crippen molar-refractivity contribution < 1.29 is 5.11 Å². The van der Waals surface area contributed by atoms with Crippen LogP contribution in [0.3, 0.4) is 0 Å². The lowest BCUT2D eigenvalue weighted by molar-refractivity contribution is 0.0682. The van der Waals surface area contributed by atoms with Gasteiger partial charge in [-0.1, -0.05) is 69.7 Å². The van der Waals surface area contributed by atoms with Crippen molar-refractivity contribution in [3.63, 3.8) is 0 Å². The number of hydrogen-bond donors (Lipinski definition) is 1. The van der Waals surface area contributed by atoms with Gasteiger partial charge in [0.25, 0.3) is 0 Å². The Morgan fingerprint density at radius 2 is 1.12 bits per heavy atom. The first kappa shape index (κ1) is 27.6. The van der Waals surface area contributed by atoms with E-state index in [1.165, 1.54) is 30.4 Å². The van der Waals surface area contributed by atoms with Crippen molar-refractivity contribution in [3.8, 4) is 24.7 Å². The molecule has 0 bridgehead atoms. The molecule has 0 atom stereocenters. The highest BCUT2D eigenvalue weighted by molar-refractivity contribution is 5.36. The third-order valence-corrected chi connectivity index (χ3v) is 5.33. The fourth-order valence-corrected chi connectivity index (χ4v) is 3.50. The number of terminal acetylenes is 2. The van der Waals surface area contributed by atoms with E-state index < -0.39 is 5.60 Å². The van der Waals surface area contributed by atoms with Gasteiger partial charge in [-0.15, -0.1) is 12.8 Å². The number of unbranched alkanes of at least 4 members (excludes halogenated alkanes) is 2. The van der Waals surface area contributed by atoms with Crippen LogP contribution in [0.1, 0.15) is 95.4 Å². The highest BCUT2D eigenvalue weighted by Gasteiger charge is 2.11. The molecule has 0 aliphatic carbocycles. The Balaban J connectivity index is 0.000000320. The number of aliphatic hydroxyl groups is 1. The molecule has 1 N–H and O–H groups in total. The van der Waals surface area contributed by atoms with Crippen LogP contribution in [0.4, 0.5) is 0 Å². The van der Waals surface area contributed by atoms with E-state index in [1.54, 1.807) is 0 Å². The van der Waals surface area contributed by atoms with Crippen molar-refractivity contribution >= 4 is 0 Å². The largest absolute Gasteiger partial charge is 0.390 e. The van der Waals surface area contributed by atoms with Crippen LogP contribution in [0.15, 0.2) is 48.5 Å². The molecule has 0 amide bonds. The van der Waals surface area contributed by atoms with Gasteiger partial charge in [-0.3, -0.25) is 0 Å². The molecule has 0 aliphatic heterocycles. The quantitative estimate of drug-likeness (QED) is 0.321. The normalized spacial score (nSPS) is 11.1. The maximum Gasteiger partial charge on any atom is 0.0591 e. The van der Waals surface area contributed by atoms with Crippen LogP contribution in [0.25, 0.3) is 0 Å². The van der Waals surface area contributed by atoms with Crippen molar-refractivity contribution in [2.24, 2.45) is 5.41 Å². The van der Waals surface area contributed by atoms with Gasteiger partial charge in [-0.25, -0.2) is 0 Å². The average molecular weight is 431 g/mol. The van der Waals surface area contributed by atoms with Gasteiger partial charge >= 0.3 is 0 Å². The second-order valence-corrected chi connectivity index (χ2v) is 10.5.